The molecule has 15 heteroatoms. The van der Waals surface area contributed by atoms with Crippen molar-refractivity contribution in [3.05, 3.63) is 70.9 Å². The molecule has 254 valence electrons. The van der Waals surface area contributed by atoms with Crippen LogP contribution in [-0.4, -0.2) is 83.5 Å². The molecular weight excluding hydrogens is 640 g/mol. The van der Waals surface area contributed by atoms with Gasteiger partial charge in [0.15, 0.2) is 0 Å². The van der Waals surface area contributed by atoms with Gasteiger partial charge in [-0.15, -0.1) is 0 Å². The number of benzene rings is 2. The first-order valence-electron chi connectivity index (χ1n) is 14.7. The summed E-state index contributed by atoms with van der Waals surface area (Å²) in [5.41, 5.74) is -0.347. The third kappa shape index (κ3) is 12.0. The van der Waals surface area contributed by atoms with Crippen molar-refractivity contribution in [3.63, 3.8) is 0 Å². The number of halogens is 3. The number of nitrogens with zero attached hydrogens (tertiary/aromatic N) is 2. The van der Waals surface area contributed by atoms with E-state index in [1.54, 1.807) is 32.9 Å². The van der Waals surface area contributed by atoms with E-state index in [1.165, 1.54) is 48.5 Å². The average Bonchev–Trinajstić information content (AvgIpc) is 3.00. The van der Waals surface area contributed by atoms with Crippen LogP contribution in [0.15, 0.2) is 48.7 Å². The van der Waals surface area contributed by atoms with Gasteiger partial charge in [-0.05, 0) is 68.5 Å². The number of hydrogen-bond acceptors (Lipinski definition) is 8. The molecule has 0 bridgehead atoms. The van der Waals surface area contributed by atoms with Crippen LogP contribution in [0, 0.1) is 11.6 Å². The maximum absolute atomic E-state index is 13.9. The third-order valence-electron chi connectivity index (χ3n) is 6.81. The predicted molar refractivity (Wildman–Crippen MR) is 171 cm³/mol. The smallest absolute Gasteiger partial charge is 0.412 e. The monoisotopic (exact) mass is 677 g/mol. The van der Waals surface area contributed by atoms with Gasteiger partial charge >= 0.3 is 12.2 Å². The molecule has 4 amide bonds. The lowest BCUT2D eigenvalue weighted by Gasteiger charge is -2.28. The lowest BCUT2D eigenvalue weighted by Crippen LogP contribution is -2.49. The van der Waals surface area contributed by atoms with Crippen molar-refractivity contribution in [2.45, 2.75) is 57.7 Å². The molecule has 0 saturated carbocycles. The molecule has 0 unspecified atom stereocenters. The summed E-state index contributed by atoms with van der Waals surface area (Å²) in [5, 5.41) is 18.2. The molecule has 0 aliphatic heterocycles. The molecule has 3 rings (SSSR count). The average molecular weight is 678 g/mol. The lowest BCUT2D eigenvalue weighted by atomic mass is 10.1. The van der Waals surface area contributed by atoms with Gasteiger partial charge in [0.1, 0.15) is 29.7 Å². The number of pyridine rings is 1. The standard InChI is InChI=1S/C32H38ClF2N5O7/c1-32(2,3)47-31(45)38-23(17-41)16-37-27(42)14-24(40(4)28(43)11-9-19-6-5-7-25(35)29(19)33)18-46-30(44)39-26-13-21-12-22(34)10-8-20(21)15-36-26/h5-8,10,12-13,15,23-24,41H,9,11,14,16-18H2,1-4H3,(H,37,42)(H,38,45)(H,36,39,44)/t23-,24+/m1/s1. The fourth-order valence-corrected chi connectivity index (χ4v) is 4.54. The van der Waals surface area contributed by atoms with Crippen LogP contribution < -0.4 is 16.0 Å². The van der Waals surface area contributed by atoms with Crippen molar-refractivity contribution in [2.24, 2.45) is 0 Å². The van der Waals surface area contributed by atoms with Crippen LogP contribution in [-0.2, 0) is 25.5 Å². The summed E-state index contributed by atoms with van der Waals surface area (Å²) in [6.07, 6.45) is -0.567. The first kappa shape index (κ1) is 36.9. The number of carbonyl (C=O) groups excluding carboxylic acids is 4. The molecule has 0 saturated heterocycles. The van der Waals surface area contributed by atoms with Gasteiger partial charge in [-0.25, -0.2) is 23.4 Å². The Morgan fingerprint density at radius 1 is 1.06 bits per heavy atom. The van der Waals surface area contributed by atoms with E-state index >= 15 is 0 Å². The Bertz CT molecular complexity index is 1590. The van der Waals surface area contributed by atoms with Crippen molar-refractivity contribution in [1.29, 1.82) is 0 Å². The molecule has 0 aliphatic rings. The highest BCUT2D eigenvalue weighted by Crippen LogP contribution is 2.22. The predicted octanol–water partition coefficient (Wildman–Crippen LogP) is 4.57. The maximum atomic E-state index is 13.9. The van der Waals surface area contributed by atoms with Crippen LogP contribution in [0.3, 0.4) is 0 Å². The second-order valence-electron chi connectivity index (χ2n) is 11.7. The van der Waals surface area contributed by atoms with E-state index in [9.17, 15) is 33.1 Å². The SMILES string of the molecule is CN(C(=O)CCc1cccc(F)c1Cl)[C@H](COC(=O)Nc1cc2cc(F)ccc2cn1)CC(=O)NC[C@H](CO)NC(=O)OC(C)(C)C. The Balaban J connectivity index is 1.65. The molecule has 2 atom stereocenters. The second kappa shape index (κ2) is 16.8. The topological polar surface area (TPSA) is 159 Å². The van der Waals surface area contributed by atoms with Gasteiger partial charge in [0.05, 0.1) is 30.1 Å². The number of likely N-dealkylation sites (N-methyl/N-ethyl adjacent to an activating group) is 1. The van der Waals surface area contributed by atoms with Gasteiger partial charge in [0, 0.05) is 31.6 Å². The summed E-state index contributed by atoms with van der Waals surface area (Å²) in [6, 6.07) is 8.01. The lowest BCUT2D eigenvalue weighted by molar-refractivity contribution is -0.134. The van der Waals surface area contributed by atoms with Gasteiger partial charge in [-0.1, -0.05) is 23.7 Å². The first-order chi connectivity index (χ1) is 22.1. The number of hydrogen-bond donors (Lipinski definition) is 4. The van der Waals surface area contributed by atoms with Crippen LogP contribution in [0.4, 0.5) is 24.2 Å². The molecule has 0 fully saturated rings. The number of aliphatic hydroxyl groups is 1. The van der Waals surface area contributed by atoms with Crippen LogP contribution in [0.25, 0.3) is 10.8 Å². The number of carbonyl (C=O) groups is 4. The Labute approximate surface area is 275 Å². The van der Waals surface area contributed by atoms with E-state index in [0.29, 0.717) is 16.3 Å². The Hall–Kier alpha value is -4.56. The number of anilines is 1. The number of ether oxygens (including phenoxy) is 2. The molecule has 1 aromatic heterocycles. The molecule has 1 heterocycles. The number of aryl methyl sites for hydroxylation is 1. The summed E-state index contributed by atoms with van der Waals surface area (Å²) in [7, 11) is 1.43. The molecule has 0 spiro atoms. The Morgan fingerprint density at radius 3 is 2.51 bits per heavy atom. The second-order valence-corrected chi connectivity index (χ2v) is 12.1. The molecule has 0 aliphatic carbocycles. The zero-order valence-electron chi connectivity index (χ0n) is 26.4. The van der Waals surface area contributed by atoms with E-state index in [-0.39, 0.29) is 36.6 Å². The molecule has 4 N–H and O–H groups in total. The molecule has 12 nitrogen and oxygen atoms in total. The minimum Gasteiger partial charge on any atom is -0.447 e. The largest absolute Gasteiger partial charge is 0.447 e. The molecule has 0 radical (unpaired) electrons. The van der Waals surface area contributed by atoms with E-state index in [1.807, 2.05) is 0 Å². The normalized spacial score (nSPS) is 12.5. The quantitative estimate of drug-likeness (QED) is 0.205. The number of rotatable bonds is 13. The van der Waals surface area contributed by atoms with Gasteiger partial charge in [-0.3, -0.25) is 14.9 Å². The van der Waals surface area contributed by atoms with Crippen LogP contribution in [0.1, 0.15) is 39.2 Å². The summed E-state index contributed by atoms with van der Waals surface area (Å²) < 4.78 is 38.0. The highest BCUT2D eigenvalue weighted by Gasteiger charge is 2.26. The fraction of sp³-hybridized carbons (Fsp3) is 0.406. The number of alkyl carbamates (subject to hydrolysis) is 1. The van der Waals surface area contributed by atoms with Gasteiger partial charge in [0.25, 0.3) is 0 Å². The zero-order valence-corrected chi connectivity index (χ0v) is 27.2. The van der Waals surface area contributed by atoms with Crippen molar-refractivity contribution in [1.82, 2.24) is 20.5 Å². The van der Waals surface area contributed by atoms with Gasteiger partial charge < -0.3 is 30.1 Å². The Morgan fingerprint density at radius 2 is 1.81 bits per heavy atom. The molecular formula is C32H38ClF2N5O7. The first-order valence-corrected chi connectivity index (χ1v) is 15.1. The number of nitrogens with one attached hydrogen (secondary N) is 3. The van der Waals surface area contributed by atoms with E-state index in [2.05, 4.69) is 20.9 Å². The molecule has 3 aromatic rings. The van der Waals surface area contributed by atoms with Crippen LogP contribution >= 0.6 is 11.6 Å². The van der Waals surface area contributed by atoms with E-state index in [0.717, 1.165) is 0 Å². The molecule has 47 heavy (non-hydrogen) atoms. The third-order valence-corrected chi connectivity index (χ3v) is 7.23. The van der Waals surface area contributed by atoms with Crippen molar-refractivity contribution < 1.29 is 42.5 Å². The Kier molecular flexibility index (Phi) is 13.2. The highest BCUT2D eigenvalue weighted by atomic mass is 35.5. The zero-order chi connectivity index (χ0) is 34.7. The minimum atomic E-state index is -0.957. The minimum absolute atomic E-state index is 0.0892. The highest BCUT2D eigenvalue weighted by molar-refractivity contribution is 6.31. The van der Waals surface area contributed by atoms with Crippen molar-refractivity contribution in [3.8, 4) is 0 Å². The summed E-state index contributed by atoms with van der Waals surface area (Å²) in [4.78, 5) is 56.1. The van der Waals surface area contributed by atoms with Gasteiger partial charge in [0.2, 0.25) is 11.8 Å². The summed E-state index contributed by atoms with van der Waals surface area (Å²) in [6.45, 7) is 3.96. The number of aromatic nitrogens is 1. The number of fused-ring (bicyclic) bond motifs is 1. The van der Waals surface area contributed by atoms with E-state index < -0.39 is 66.5 Å². The van der Waals surface area contributed by atoms with Gasteiger partial charge in [-0.2, -0.15) is 0 Å². The summed E-state index contributed by atoms with van der Waals surface area (Å²) in [5.74, 6) is -2.00. The number of aliphatic hydroxyl groups excluding tert-OH is 1. The van der Waals surface area contributed by atoms with Crippen LogP contribution in [0.2, 0.25) is 5.02 Å². The van der Waals surface area contributed by atoms with E-state index in [4.69, 9.17) is 21.1 Å². The fourth-order valence-electron chi connectivity index (χ4n) is 4.32. The van der Waals surface area contributed by atoms with Crippen molar-refractivity contribution >= 4 is 52.2 Å². The summed E-state index contributed by atoms with van der Waals surface area (Å²) >= 11 is 6.02. The number of amides is 4. The van der Waals surface area contributed by atoms with Crippen molar-refractivity contribution in [2.75, 3.05) is 32.1 Å². The molecule has 2 aromatic carbocycles. The van der Waals surface area contributed by atoms with Crippen LogP contribution in [0.5, 0.6) is 0 Å². The maximum Gasteiger partial charge on any atom is 0.412 e.